The van der Waals surface area contributed by atoms with E-state index >= 15 is 0 Å². The molecule has 46 heavy (non-hydrogen) atoms. The lowest BCUT2D eigenvalue weighted by atomic mass is 9.94. The van der Waals surface area contributed by atoms with E-state index in [4.69, 9.17) is 4.74 Å². The Morgan fingerprint density at radius 2 is 1.85 bits per heavy atom. The minimum absolute atomic E-state index is 0.0131. The van der Waals surface area contributed by atoms with Crippen LogP contribution in [0.4, 0.5) is 11.6 Å². The minimum atomic E-state index is -3.66. The Morgan fingerprint density at radius 3 is 2.48 bits per heavy atom. The van der Waals surface area contributed by atoms with Gasteiger partial charge in [0.2, 0.25) is 15.9 Å². The molecule has 12 nitrogen and oxygen atoms in total. The van der Waals surface area contributed by atoms with E-state index in [0.717, 1.165) is 33.9 Å². The molecular weight excluding hydrogens is 608 g/mol. The van der Waals surface area contributed by atoms with E-state index in [0.29, 0.717) is 25.5 Å². The molecule has 0 saturated carbocycles. The number of nitrogens with zero attached hydrogens (tertiary/aromatic N) is 3. The zero-order chi connectivity index (χ0) is 33.4. The lowest BCUT2D eigenvalue weighted by Gasteiger charge is -2.38. The molecule has 0 aliphatic carbocycles. The second kappa shape index (κ2) is 15.4. The fourth-order valence-electron chi connectivity index (χ4n) is 5.14. The third-order valence-corrected chi connectivity index (χ3v) is 9.31. The molecule has 4 N–H and O–H groups in total. The van der Waals surface area contributed by atoms with E-state index in [-0.39, 0.29) is 29.8 Å². The van der Waals surface area contributed by atoms with Crippen molar-refractivity contribution in [2.75, 3.05) is 43.1 Å². The predicted octanol–water partition coefficient (Wildman–Crippen LogP) is 2.40. The Kier molecular flexibility index (Phi) is 11.6. The molecule has 2 heterocycles. The molecule has 4 atom stereocenters. The van der Waals surface area contributed by atoms with Gasteiger partial charge in [0.15, 0.2) is 0 Å². The lowest BCUT2D eigenvalue weighted by molar-refractivity contribution is -0.140. The van der Waals surface area contributed by atoms with Gasteiger partial charge in [0.05, 0.1) is 25.5 Å². The van der Waals surface area contributed by atoms with E-state index in [1.807, 2.05) is 68.4 Å². The zero-order valence-electron chi connectivity index (χ0n) is 26.9. The zero-order valence-corrected chi connectivity index (χ0v) is 27.8. The number of hydrogen-bond donors (Lipinski definition) is 4. The maximum absolute atomic E-state index is 13.8. The summed E-state index contributed by atoms with van der Waals surface area (Å²) in [5.74, 6) is 0.305. The molecule has 1 aliphatic heterocycles. The number of methoxy groups -OCH3 is 1. The SMILES string of the molecule is CC[C@H](C)Nc1cc(C(=O)NC(Cc2ccccc2)C(O)[C@@H]2NCCN(Cc3ccc(OC)cc3)C2=O)cc(N(C)S(C)(=O)=O)n1. The number of rotatable bonds is 14. The normalized spacial score (nSPS) is 17.1. The average molecular weight is 653 g/mol. The van der Waals surface area contributed by atoms with Crippen LogP contribution in [-0.4, -0.2) is 93.0 Å². The molecule has 248 valence electrons. The fourth-order valence-corrected chi connectivity index (χ4v) is 5.57. The molecule has 2 unspecified atom stereocenters. The number of nitrogens with one attached hydrogen (secondary N) is 3. The summed E-state index contributed by atoms with van der Waals surface area (Å²) in [7, 11) is -0.703. The summed E-state index contributed by atoms with van der Waals surface area (Å²) >= 11 is 0. The number of aromatic nitrogens is 1. The highest BCUT2D eigenvalue weighted by atomic mass is 32.2. The Hall–Kier alpha value is -4.20. The first kappa shape index (κ1) is 34.7. The van der Waals surface area contributed by atoms with Crippen LogP contribution in [-0.2, 0) is 27.8 Å². The molecule has 1 saturated heterocycles. The van der Waals surface area contributed by atoms with Crippen molar-refractivity contribution in [3.8, 4) is 5.75 Å². The number of carbonyl (C=O) groups is 2. The summed E-state index contributed by atoms with van der Waals surface area (Å²) in [6, 6.07) is 18.0. The summed E-state index contributed by atoms with van der Waals surface area (Å²) in [5, 5.41) is 21.0. The van der Waals surface area contributed by atoms with Crippen molar-refractivity contribution >= 4 is 33.5 Å². The van der Waals surface area contributed by atoms with Gasteiger partial charge in [-0.1, -0.05) is 49.4 Å². The van der Waals surface area contributed by atoms with Gasteiger partial charge in [0.25, 0.3) is 5.91 Å². The van der Waals surface area contributed by atoms with Gasteiger partial charge >= 0.3 is 0 Å². The number of amides is 2. The van der Waals surface area contributed by atoms with Gasteiger partial charge in [-0.2, -0.15) is 0 Å². The van der Waals surface area contributed by atoms with Crippen molar-refractivity contribution in [2.24, 2.45) is 0 Å². The summed E-state index contributed by atoms with van der Waals surface area (Å²) in [5.41, 5.74) is 1.94. The molecule has 1 fully saturated rings. The average Bonchev–Trinajstić information content (AvgIpc) is 3.04. The molecule has 4 rings (SSSR count). The first-order chi connectivity index (χ1) is 21.9. The largest absolute Gasteiger partial charge is 0.497 e. The van der Waals surface area contributed by atoms with Crippen LogP contribution in [0.25, 0.3) is 0 Å². The Morgan fingerprint density at radius 1 is 1.15 bits per heavy atom. The molecule has 0 bridgehead atoms. The highest BCUT2D eigenvalue weighted by Crippen LogP contribution is 2.22. The van der Waals surface area contributed by atoms with Crippen molar-refractivity contribution in [3.05, 3.63) is 83.4 Å². The molecule has 2 aromatic carbocycles. The standard InChI is InChI=1S/C33H44N6O6S/c1-6-22(2)35-28-19-25(20-29(37-28)38(3)46(5,43)44)32(41)36-27(18-23-10-8-7-9-11-23)31(40)30-33(42)39(17-16-34-30)21-24-12-14-26(45-4)15-13-24/h7-15,19-20,22,27,30-31,34,40H,6,16-18,21H2,1-5H3,(H,35,37)(H,36,41)/t22-,27?,30-,31?/m0/s1. The number of aliphatic hydroxyl groups excluding tert-OH is 1. The Labute approximate surface area is 271 Å². The Bertz CT molecular complexity index is 1590. The highest BCUT2D eigenvalue weighted by Gasteiger charge is 2.38. The summed E-state index contributed by atoms with van der Waals surface area (Å²) < 4.78 is 30.9. The van der Waals surface area contributed by atoms with Gasteiger partial charge in [-0.25, -0.2) is 13.4 Å². The monoisotopic (exact) mass is 652 g/mol. The molecule has 0 spiro atoms. The molecule has 1 aromatic heterocycles. The second-order valence-corrected chi connectivity index (χ2v) is 13.6. The van der Waals surface area contributed by atoms with E-state index in [9.17, 15) is 23.1 Å². The number of piperazine rings is 1. The minimum Gasteiger partial charge on any atom is -0.497 e. The van der Waals surface area contributed by atoms with E-state index in [1.165, 1.54) is 13.1 Å². The van der Waals surface area contributed by atoms with Gasteiger partial charge < -0.3 is 30.7 Å². The molecular formula is C33H44N6O6S. The smallest absolute Gasteiger partial charge is 0.251 e. The van der Waals surface area contributed by atoms with Crippen LogP contribution < -0.4 is 25.0 Å². The number of carbonyl (C=O) groups excluding carboxylic acids is 2. The van der Waals surface area contributed by atoms with Crippen molar-refractivity contribution < 1.29 is 27.9 Å². The number of sulfonamides is 1. The number of aliphatic hydroxyl groups is 1. The number of pyridine rings is 1. The predicted molar refractivity (Wildman–Crippen MR) is 178 cm³/mol. The van der Waals surface area contributed by atoms with Crippen molar-refractivity contribution in [1.29, 1.82) is 0 Å². The third-order valence-electron chi connectivity index (χ3n) is 8.13. The van der Waals surface area contributed by atoms with Crippen LogP contribution in [0.2, 0.25) is 0 Å². The topological polar surface area (TPSA) is 153 Å². The van der Waals surface area contributed by atoms with Crippen molar-refractivity contribution in [1.82, 2.24) is 20.5 Å². The van der Waals surface area contributed by atoms with Gasteiger partial charge in [-0.15, -0.1) is 0 Å². The van der Waals surface area contributed by atoms with Gasteiger partial charge in [0, 0.05) is 38.3 Å². The van der Waals surface area contributed by atoms with Crippen LogP contribution >= 0.6 is 0 Å². The maximum atomic E-state index is 13.8. The number of anilines is 2. The van der Waals surface area contributed by atoms with Crippen molar-refractivity contribution in [3.63, 3.8) is 0 Å². The van der Waals surface area contributed by atoms with Crippen LogP contribution in [0.1, 0.15) is 41.8 Å². The van der Waals surface area contributed by atoms with Crippen molar-refractivity contribution in [2.45, 2.75) is 57.5 Å². The molecule has 13 heteroatoms. The molecule has 2 amide bonds. The third kappa shape index (κ3) is 8.95. The number of hydrogen-bond acceptors (Lipinski definition) is 9. The number of benzene rings is 2. The molecule has 3 aromatic rings. The number of ether oxygens (including phenoxy) is 1. The quantitative estimate of drug-likeness (QED) is 0.206. The van der Waals surface area contributed by atoms with E-state index in [1.54, 1.807) is 18.1 Å². The Balaban J connectivity index is 1.61. The summed E-state index contributed by atoms with van der Waals surface area (Å²) in [6.07, 6.45) is 0.796. The molecule has 0 radical (unpaired) electrons. The summed E-state index contributed by atoms with van der Waals surface area (Å²) in [4.78, 5) is 33.6. The first-order valence-electron chi connectivity index (χ1n) is 15.3. The van der Waals surface area contributed by atoms with Crippen LogP contribution in [0.15, 0.2) is 66.7 Å². The maximum Gasteiger partial charge on any atom is 0.251 e. The van der Waals surface area contributed by atoms with E-state index in [2.05, 4.69) is 20.9 Å². The highest BCUT2D eigenvalue weighted by molar-refractivity contribution is 7.92. The lowest BCUT2D eigenvalue weighted by Crippen LogP contribution is -2.63. The first-order valence-corrected chi connectivity index (χ1v) is 17.1. The van der Waals surface area contributed by atoms with Crippen LogP contribution in [0.3, 0.4) is 0 Å². The van der Waals surface area contributed by atoms with Gasteiger partial charge in [-0.3, -0.25) is 13.9 Å². The van der Waals surface area contributed by atoms with Crippen LogP contribution in [0.5, 0.6) is 5.75 Å². The van der Waals surface area contributed by atoms with Crippen LogP contribution in [0, 0.1) is 0 Å². The van der Waals surface area contributed by atoms with Gasteiger partial charge in [0.1, 0.15) is 23.4 Å². The second-order valence-electron chi connectivity index (χ2n) is 11.6. The van der Waals surface area contributed by atoms with E-state index < -0.39 is 34.1 Å². The fraction of sp³-hybridized carbons (Fsp3) is 0.424. The van der Waals surface area contributed by atoms with Gasteiger partial charge in [-0.05, 0) is 55.2 Å². The molecule has 1 aliphatic rings. The summed E-state index contributed by atoms with van der Waals surface area (Å²) in [6.45, 7) is 5.23.